The first kappa shape index (κ1) is 15.6. The Bertz CT molecular complexity index is 221. The molecule has 0 radical (unpaired) electrons. The Kier molecular flexibility index (Phi) is 9.10. The third kappa shape index (κ3) is 10.7. The fourth-order valence-corrected chi connectivity index (χ4v) is 2.81. The molecule has 1 saturated heterocycles. The lowest BCUT2D eigenvalue weighted by atomic mass is 10.5. The molecule has 0 amide bonds. The molecule has 0 N–H and O–H groups in total. The average Bonchev–Trinajstić information content (AvgIpc) is 3.14. The number of ether oxygens (including phenoxy) is 4. The molecule has 1 aliphatic rings. The highest BCUT2D eigenvalue weighted by molar-refractivity contribution is 6.35. The highest BCUT2D eigenvalue weighted by Crippen LogP contribution is 2.08. The average molecular weight is 276 g/mol. The van der Waals surface area contributed by atoms with Gasteiger partial charge in [-0.25, -0.2) is 0 Å². The van der Waals surface area contributed by atoms with Crippen molar-refractivity contribution in [3.05, 3.63) is 0 Å². The van der Waals surface area contributed by atoms with Crippen LogP contribution in [0.1, 0.15) is 13.3 Å². The van der Waals surface area contributed by atoms with Gasteiger partial charge in [-0.3, -0.25) is 4.79 Å². The fourth-order valence-electron chi connectivity index (χ4n) is 1.49. The van der Waals surface area contributed by atoms with E-state index in [1.165, 1.54) is 19.0 Å². The highest BCUT2D eigenvalue weighted by atomic mass is 28.2. The number of hydrogen-bond donors (Lipinski definition) is 0. The summed E-state index contributed by atoms with van der Waals surface area (Å²) in [5, 5.41) is 0. The minimum Gasteiger partial charge on any atom is -0.463 e. The Morgan fingerprint density at radius 1 is 1.22 bits per heavy atom. The second-order valence-electron chi connectivity index (χ2n) is 4.40. The van der Waals surface area contributed by atoms with Crippen molar-refractivity contribution in [2.75, 3.05) is 39.6 Å². The summed E-state index contributed by atoms with van der Waals surface area (Å²) in [4.78, 5) is 10.5. The van der Waals surface area contributed by atoms with Gasteiger partial charge in [-0.05, 0) is 12.5 Å². The van der Waals surface area contributed by atoms with Crippen LogP contribution in [-0.4, -0.2) is 61.2 Å². The van der Waals surface area contributed by atoms with Gasteiger partial charge in [0.15, 0.2) is 0 Å². The summed E-state index contributed by atoms with van der Waals surface area (Å²) in [5.41, 5.74) is 0. The molecule has 1 heterocycles. The molecule has 6 heteroatoms. The number of hydrogen-bond acceptors (Lipinski definition) is 5. The summed E-state index contributed by atoms with van der Waals surface area (Å²) in [6.45, 7) is 5.58. The fraction of sp³-hybridized carbons (Fsp3) is 0.917. The largest absolute Gasteiger partial charge is 0.463 e. The van der Waals surface area contributed by atoms with Crippen molar-refractivity contribution in [3.63, 3.8) is 0 Å². The maximum absolute atomic E-state index is 10.5. The first-order chi connectivity index (χ1) is 8.79. The normalized spacial score (nSPS) is 18.4. The second-order valence-corrected chi connectivity index (χ2v) is 6.52. The summed E-state index contributed by atoms with van der Waals surface area (Å²) in [6, 6.07) is 2.49. The van der Waals surface area contributed by atoms with E-state index in [4.69, 9.17) is 18.9 Å². The molecule has 5 nitrogen and oxygen atoms in total. The Hall–Kier alpha value is -0.433. The van der Waals surface area contributed by atoms with Crippen molar-refractivity contribution in [1.29, 1.82) is 0 Å². The van der Waals surface area contributed by atoms with Crippen LogP contribution in [0.25, 0.3) is 0 Å². The van der Waals surface area contributed by atoms with Gasteiger partial charge in [0.25, 0.3) is 0 Å². The van der Waals surface area contributed by atoms with E-state index in [0.29, 0.717) is 19.3 Å². The summed E-state index contributed by atoms with van der Waals surface area (Å²) < 4.78 is 20.6. The van der Waals surface area contributed by atoms with E-state index in [1.54, 1.807) is 0 Å². The van der Waals surface area contributed by atoms with E-state index in [-0.39, 0.29) is 15.5 Å². The molecule has 0 aliphatic carbocycles. The van der Waals surface area contributed by atoms with Crippen molar-refractivity contribution in [1.82, 2.24) is 0 Å². The Labute approximate surface area is 111 Å². The standard InChI is InChI=1S/C12H24O5Si/c1-11(13)16-5-4-14-6-8-18-7-2-3-15-9-12-10-17-12/h12H,2-10,18H2,1H3. The van der Waals surface area contributed by atoms with Crippen LogP contribution in [0, 0.1) is 0 Å². The topological polar surface area (TPSA) is 57.3 Å². The maximum atomic E-state index is 10.5. The lowest BCUT2D eigenvalue weighted by molar-refractivity contribution is -0.142. The molecule has 1 fully saturated rings. The van der Waals surface area contributed by atoms with Gasteiger partial charge in [0.1, 0.15) is 12.7 Å². The minimum atomic E-state index is -0.246. The number of carbonyl (C=O) groups excluding carboxylic acids is 1. The molecule has 18 heavy (non-hydrogen) atoms. The molecule has 1 aliphatic heterocycles. The van der Waals surface area contributed by atoms with Crippen LogP contribution >= 0.6 is 0 Å². The molecule has 0 aromatic heterocycles. The zero-order chi connectivity index (χ0) is 13.1. The van der Waals surface area contributed by atoms with Gasteiger partial charge < -0.3 is 18.9 Å². The predicted octanol–water partition coefficient (Wildman–Crippen LogP) is 0.377. The lowest BCUT2D eigenvalue weighted by Crippen LogP contribution is -2.09. The first-order valence-corrected chi connectivity index (χ1v) is 8.69. The monoisotopic (exact) mass is 276 g/mol. The SMILES string of the molecule is CC(=O)OCCOCC[SiH2]CCCOCC1CO1. The second kappa shape index (κ2) is 10.5. The smallest absolute Gasteiger partial charge is 0.302 e. The quantitative estimate of drug-likeness (QED) is 0.223. The molecule has 0 spiro atoms. The van der Waals surface area contributed by atoms with E-state index in [0.717, 1.165) is 32.8 Å². The molecule has 1 atom stereocenters. The summed E-state index contributed by atoms with van der Waals surface area (Å²) in [6.07, 6.45) is 1.54. The summed E-state index contributed by atoms with van der Waals surface area (Å²) in [7, 11) is -0.0143. The number of rotatable bonds is 12. The number of carbonyl (C=O) groups is 1. The third-order valence-electron chi connectivity index (χ3n) is 2.57. The Morgan fingerprint density at radius 2 is 2.06 bits per heavy atom. The van der Waals surface area contributed by atoms with Crippen molar-refractivity contribution in [2.24, 2.45) is 0 Å². The molecular weight excluding hydrogens is 252 g/mol. The van der Waals surface area contributed by atoms with Crippen molar-refractivity contribution < 1.29 is 23.7 Å². The van der Waals surface area contributed by atoms with E-state index in [9.17, 15) is 4.79 Å². The third-order valence-corrected chi connectivity index (χ3v) is 4.36. The zero-order valence-electron chi connectivity index (χ0n) is 11.2. The number of esters is 1. The van der Waals surface area contributed by atoms with Crippen molar-refractivity contribution in [3.8, 4) is 0 Å². The maximum Gasteiger partial charge on any atom is 0.302 e. The van der Waals surface area contributed by atoms with Crippen LogP contribution in [0.4, 0.5) is 0 Å². The van der Waals surface area contributed by atoms with Gasteiger partial charge >= 0.3 is 5.97 Å². The predicted molar refractivity (Wildman–Crippen MR) is 70.8 cm³/mol. The number of epoxide rings is 1. The lowest BCUT2D eigenvalue weighted by Gasteiger charge is -2.04. The van der Waals surface area contributed by atoms with Crippen molar-refractivity contribution in [2.45, 2.75) is 31.5 Å². The van der Waals surface area contributed by atoms with Crippen LogP contribution in [-0.2, 0) is 23.7 Å². The molecule has 0 bridgehead atoms. The van der Waals surface area contributed by atoms with E-state index < -0.39 is 0 Å². The van der Waals surface area contributed by atoms with Gasteiger partial charge in [-0.2, -0.15) is 0 Å². The zero-order valence-corrected chi connectivity index (χ0v) is 12.6. The highest BCUT2D eigenvalue weighted by Gasteiger charge is 2.21. The van der Waals surface area contributed by atoms with Gasteiger partial charge in [-0.1, -0.05) is 6.04 Å². The molecule has 0 aromatic carbocycles. The van der Waals surface area contributed by atoms with E-state index in [1.807, 2.05) is 0 Å². The van der Waals surface area contributed by atoms with Gasteiger partial charge in [0.2, 0.25) is 0 Å². The van der Waals surface area contributed by atoms with Crippen LogP contribution in [0.3, 0.4) is 0 Å². The van der Waals surface area contributed by atoms with Gasteiger partial charge in [0, 0.05) is 29.7 Å². The van der Waals surface area contributed by atoms with Crippen LogP contribution < -0.4 is 0 Å². The summed E-state index contributed by atoms with van der Waals surface area (Å²) >= 11 is 0. The Morgan fingerprint density at radius 3 is 2.78 bits per heavy atom. The molecule has 0 saturated carbocycles. The molecule has 1 unspecified atom stereocenters. The van der Waals surface area contributed by atoms with E-state index >= 15 is 0 Å². The Balaban J connectivity index is 1.64. The van der Waals surface area contributed by atoms with Crippen LogP contribution in [0.5, 0.6) is 0 Å². The van der Waals surface area contributed by atoms with E-state index in [2.05, 4.69) is 0 Å². The van der Waals surface area contributed by atoms with Crippen LogP contribution in [0.2, 0.25) is 12.1 Å². The summed E-state index contributed by atoms with van der Waals surface area (Å²) in [5.74, 6) is -0.246. The van der Waals surface area contributed by atoms with Gasteiger partial charge in [-0.15, -0.1) is 0 Å². The van der Waals surface area contributed by atoms with Gasteiger partial charge in [0.05, 0.1) is 19.8 Å². The first-order valence-electron chi connectivity index (χ1n) is 6.69. The minimum absolute atomic E-state index is 0.0143. The van der Waals surface area contributed by atoms with Crippen LogP contribution in [0.15, 0.2) is 0 Å². The van der Waals surface area contributed by atoms with Crippen molar-refractivity contribution >= 4 is 15.5 Å². The molecule has 1 rings (SSSR count). The molecule has 0 aromatic rings. The molecule has 106 valence electrons. The molecular formula is C12H24O5Si.